The molecule has 29 heavy (non-hydrogen) atoms. The van der Waals surface area contributed by atoms with Crippen LogP contribution in [0.15, 0.2) is 23.0 Å². The maximum Gasteiger partial charge on any atom is 0.220 e. The highest BCUT2D eigenvalue weighted by Crippen LogP contribution is 2.48. The molecule has 2 aliphatic rings. The SMILES string of the molecule is COc1ccc2c(cc1=O)C(NC(C)=O)CCC1CC(OC)C(OC)C(OC)C21. The van der Waals surface area contributed by atoms with Gasteiger partial charge in [-0.2, -0.15) is 0 Å². The van der Waals surface area contributed by atoms with E-state index >= 15 is 0 Å². The number of hydrogen-bond donors (Lipinski definition) is 1. The molecule has 0 heterocycles. The van der Waals surface area contributed by atoms with E-state index in [2.05, 4.69) is 5.32 Å². The van der Waals surface area contributed by atoms with Crippen molar-refractivity contribution >= 4 is 5.91 Å². The molecule has 0 saturated heterocycles. The highest BCUT2D eigenvalue weighted by molar-refractivity contribution is 5.73. The molecule has 3 rings (SSSR count). The zero-order valence-corrected chi connectivity index (χ0v) is 17.8. The summed E-state index contributed by atoms with van der Waals surface area (Å²) in [5, 5.41) is 3.03. The third-order valence-corrected chi connectivity index (χ3v) is 6.37. The summed E-state index contributed by atoms with van der Waals surface area (Å²) in [5.74, 6) is 0.447. The van der Waals surface area contributed by atoms with Crippen LogP contribution >= 0.6 is 0 Å². The molecule has 160 valence electrons. The predicted molar refractivity (Wildman–Crippen MR) is 108 cm³/mol. The Morgan fingerprint density at radius 1 is 1.00 bits per heavy atom. The summed E-state index contributed by atoms with van der Waals surface area (Å²) in [5.41, 5.74) is 1.62. The fourth-order valence-electron chi connectivity index (χ4n) is 5.13. The first-order valence-electron chi connectivity index (χ1n) is 10.0. The highest BCUT2D eigenvalue weighted by atomic mass is 16.6. The van der Waals surface area contributed by atoms with Crippen molar-refractivity contribution in [3.63, 3.8) is 0 Å². The molecule has 0 radical (unpaired) electrons. The number of hydrogen-bond acceptors (Lipinski definition) is 6. The number of amides is 1. The standard InChI is InChI=1S/C22H31NO6/c1-12(24)23-16-8-6-13-10-19(27-3)21(28-4)22(29-5)20(13)14-7-9-18(26-2)17(25)11-15(14)16/h7,9,11,13,16,19-22H,6,8,10H2,1-5H3,(H,23,24). The van der Waals surface area contributed by atoms with Gasteiger partial charge in [-0.1, -0.05) is 6.07 Å². The molecule has 6 unspecified atom stereocenters. The fourth-order valence-corrected chi connectivity index (χ4v) is 5.13. The van der Waals surface area contributed by atoms with E-state index in [0.717, 1.165) is 30.4 Å². The summed E-state index contributed by atoms with van der Waals surface area (Å²) in [6.45, 7) is 1.50. The molecule has 2 aliphatic carbocycles. The summed E-state index contributed by atoms with van der Waals surface area (Å²) >= 11 is 0. The number of carbonyl (C=O) groups excluding carboxylic acids is 1. The van der Waals surface area contributed by atoms with Gasteiger partial charge >= 0.3 is 0 Å². The average Bonchev–Trinajstić information content (AvgIpc) is 2.95. The predicted octanol–water partition coefficient (Wildman–Crippen LogP) is 2.17. The van der Waals surface area contributed by atoms with E-state index in [-0.39, 0.29) is 53.3 Å². The fraction of sp³-hybridized carbons (Fsp3) is 0.636. The van der Waals surface area contributed by atoms with Crippen molar-refractivity contribution in [2.24, 2.45) is 5.92 Å². The van der Waals surface area contributed by atoms with Crippen LogP contribution < -0.4 is 15.5 Å². The van der Waals surface area contributed by atoms with Gasteiger partial charge in [0.15, 0.2) is 5.75 Å². The van der Waals surface area contributed by atoms with Crippen LogP contribution in [-0.2, 0) is 19.0 Å². The van der Waals surface area contributed by atoms with Gasteiger partial charge in [-0.25, -0.2) is 0 Å². The number of ether oxygens (including phenoxy) is 4. The van der Waals surface area contributed by atoms with Crippen molar-refractivity contribution in [1.29, 1.82) is 0 Å². The summed E-state index contributed by atoms with van der Waals surface area (Å²) in [7, 11) is 6.54. The van der Waals surface area contributed by atoms with Crippen molar-refractivity contribution in [2.75, 3.05) is 28.4 Å². The van der Waals surface area contributed by atoms with Gasteiger partial charge in [0.1, 0.15) is 6.10 Å². The van der Waals surface area contributed by atoms with Crippen LogP contribution in [0.25, 0.3) is 0 Å². The molecular weight excluding hydrogens is 374 g/mol. The normalized spacial score (nSPS) is 31.2. The van der Waals surface area contributed by atoms with Gasteiger partial charge in [-0.3, -0.25) is 9.59 Å². The Morgan fingerprint density at radius 2 is 1.72 bits per heavy atom. The maximum absolute atomic E-state index is 12.7. The molecule has 1 amide bonds. The van der Waals surface area contributed by atoms with Gasteiger partial charge in [0.05, 0.1) is 25.4 Å². The summed E-state index contributed by atoms with van der Waals surface area (Å²) in [6.07, 6.45) is 1.91. The number of rotatable bonds is 5. The molecule has 0 aromatic heterocycles. The smallest absolute Gasteiger partial charge is 0.220 e. The van der Waals surface area contributed by atoms with Crippen molar-refractivity contribution in [3.05, 3.63) is 39.5 Å². The van der Waals surface area contributed by atoms with Crippen LogP contribution in [0.5, 0.6) is 5.75 Å². The lowest BCUT2D eigenvalue weighted by molar-refractivity contribution is -0.150. The lowest BCUT2D eigenvalue weighted by atomic mass is 9.70. The molecule has 7 nitrogen and oxygen atoms in total. The Hall–Kier alpha value is -1.96. The van der Waals surface area contributed by atoms with Gasteiger partial charge < -0.3 is 24.3 Å². The Balaban J connectivity index is 2.20. The summed E-state index contributed by atoms with van der Waals surface area (Å²) in [6, 6.07) is 5.02. The van der Waals surface area contributed by atoms with Crippen molar-refractivity contribution in [1.82, 2.24) is 5.32 Å². The van der Waals surface area contributed by atoms with Crippen LogP contribution in [0.3, 0.4) is 0 Å². The van der Waals surface area contributed by atoms with E-state index in [1.165, 1.54) is 14.0 Å². The van der Waals surface area contributed by atoms with Crippen molar-refractivity contribution in [2.45, 2.75) is 56.5 Å². The molecule has 1 aromatic carbocycles. The lowest BCUT2D eigenvalue weighted by Crippen LogP contribution is -2.51. The molecule has 1 saturated carbocycles. The second kappa shape index (κ2) is 9.24. The Kier molecular flexibility index (Phi) is 6.93. The van der Waals surface area contributed by atoms with Gasteiger partial charge in [0.2, 0.25) is 11.3 Å². The molecule has 7 heteroatoms. The number of nitrogens with one attached hydrogen (secondary N) is 1. The number of carbonyl (C=O) groups is 1. The zero-order chi connectivity index (χ0) is 21.1. The molecule has 0 spiro atoms. The van der Waals surface area contributed by atoms with Crippen LogP contribution in [0.4, 0.5) is 0 Å². The minimum Gasteiger partial charge on any atom is -0.493 e. The van der Waals surface area contributed by atoms with Crippen LogP contribution in [-0.4, -0.2) is 52.7 Å². The van der Waals surface area contributed by atoms with Crippen molar-refractivity contribution in [3.8, 4) is 5.75 Å². The Bertz CT molecular complexity index is 797. The average molecular weight is 405 g/mol. The van der Waals surface area contributed by atoms with Gasteiger partial charge in [0.25, 0.3) is 0 Å². The molecule has 6 atom stereocenters. The first-order valence-corrected chi connectivity index (χ1v) is 10.0. The maximum atomic E-state index is 12.7. The number of fused-ring (bicyclic) bond motifs is 3. The molecular formula is C22H31NO6. The largest absolute Gasteiger partial charge is 0.493 e. The minimum absolute atomic E-state index is 0.0154. The summed E-state index contributed by atoms with van der Waals surface area (Å²) < 4.78 is 22.7. The second-order valence-electron chi connectivity index (χ2n) is 7.85. The first kappa shape index (κ1) is 21.7. The van der Waals surface area contributed by atoms with Gasteiger partial charge in [0, 0.05) is 34.2 Å². The molecule has 1 aromatic rings. The first-order chi connectivity index (χ1) is 13.9. The van der Waals surface area contributed by atoms with Crippen LogP contribution in [0.2, 0.25) is 0 Å². The molecule has 1 N–H and O–H groups in total. The zero-order valence-electron chi connectivity index (χ0n) is 17.8. The highest BCUT2D eigenvalue weighted by Gasteiger charge is 2.48. The lowest BCUT2D eigenvalue weighted by Gasteiger charge is -2.45. The second-order valence-corrected chi connectivity index (χ2v) is 7.85. The number of methoxy groups -OCH3 is 4. The molecule has 0 aliphatic heterocycles. The van der Waals surface area contributed by atoms with E-state index in [9.17, 15) is 9.59 Å². The third kappa shape index (κ3) is 4.17. The third-order valence-electron chi connectivity index (χ3n) is 6.37. The topological polar surface area (TPSA) is 83.1 Å². The van der Waals surface area contributed by atoms with E-state index in [4.69, 9.17) is 18.9 Å². The molecule has 1 fully saturated rings. The van der Waals surface area contributed by atoms with Gasteiger partial charge in [-0.05, 0) is 48.4 Å². The summed E-state index contributed by atoms with van der Waals surface area (Å²) in [4.78, 5) is 24.6. The minimum atomic E-state index is -0.239. The van der Waals surface area contributed by atoms with E-state index in [1.807, 2.05) is 6.07 Å². The Morgan fingerprint density at radius 3 is 2.31 bits per heavy atom. The molecule has 0 bridgehead atoms. The monoisotopic (exact) mass is 405 g/mol. The van der Waals surface area contributed by atoms with Crippen LogP contribution in [0, 0.1) is 5.92 Å². The van der Waals surface area contributed by atoms with Gasteiger partial charge in [-0.15, -0.1) is 0 Å². The van der Waals surface area contributed by atoms with E-state index < -0.39 is 0 Å². The van der Waals surface area contributed by atoms with Crippen molar-refractivity contribution < 1.29 is 23.7 Å². The quantitative estimate of drug-likeness (QED) is 0.809. The van der Waals surface area contributed by atoms with Crippen LogP contribution in [0.1, 0.15) is 49.3 Å². The van der Waals surface area contributed by atoms with E-state index in [1.54, 1.807) is 33.5 Å². The van der Waals surface area contributed by atoms with E-state index in [0.29, 0.717) is 0 Å². The Labute approximate surface area is 171 Å².